The fourth-order valence-electron chi connectivity index (χ4n) is 1.60. The molecule has 16 heavy (non-hydrogen) atoms. The van der Waals surface area contributed by atoms with Gasteiger partial charge in [-0.25, -0.2) is 0 Å². The van der Waals surface area contributed by atoms with Crippen LogP contribution in [0.4, 0.5) is 13.2 Å². The molecule has 1 rings (SSSR count). The van der Waals surface area contributed by atoms with Crippen molar-refractivity contribution >= 4 is 0 Å². The highest BCUT2D eigenvalue weighted by Gasteiger charge is 2.30. The Bertz CT molecular complexity index is 316. The zero-order chi connectivity index (χ0) is 12.2. The molecule has 0 N–H and O–H groups in total. The summed E-state index contributed by atoms with van der Waals surface area (Å²) in [5, 5.41) is 0. The smallest absolute Gasteiger partial charge is 0.406 e. The van der Waals surface area contributed by atoms with E-state index in [0.29, 0.717) is 5.92 Å². The second kappa shape index (κ2) is 5.23. The molecule has 0 aliphatic rings. The fourth-order valence-corrected chi connectivity index (χ4v) is 1.60. The molecular weight excluding hydrogens is 217 g/mol. The molecule has 0 amide bonds. The summed E-state index contributed by atoms with van der Waals surface area (Å²) in [7, 11) is 0. The van der Waals surface area contributed by atoms with Crippen molar-refractivity contribution in [2.75, 3.05) is 0 Å². The van der Waals surface area contributed by atoms with E-state index in [-0.39, 0.29) is 5.75 Å². The summed E-state index contributed by atoms with van der Waals surface area (Å²) < 4.78 is 39.5. The number of halogens is 3. The molecule has 4 heteroatoms. The lowest BCUT2D eigenvalue weighted by Crippen LogP contribution is -2.17. The van der Waals surface area contributed by atoms with Crippen molar-refractivity contribution in [2.24, 2.45) is 0 Å². The van der Waals surface area contributed by atoms with Crippen LogP contribution in [0.15, 0.2) is 24.3 Å². The van der Waals surface area contributed by atoms with E-state index >= 15 is 0 Å². The molecular formula is C12H15F3O. The van der Waals surface area contributed by atoms with E-state index in [2.05, 4.69) is 18.6 Å². The highest BCUT2D eigenvalue weighted by molar-refractivity contribution is 5.29. The van der Waals surface area contributed by atoms with Crippen LogP contribution < -0.4 is 4.74 Å². The first-order chi connectivity index (χ1) is 7.42. The molecule has 0 aliphatic heterocycles. The number of alkyl halides is 3. The van der Waals surface area contributed by atoms with E-state index < -0.39 is 6.36 Å². The molecule has 0 spiro atoms. The molecule has 0 heterocycles. The molecule has 0 aromatic heterocycles. The quantitative estimate of drug-likeness (QED) is 0.743. The van der Waals surface area contributed by atoms with Crippen LogP contribution in [0.1, 0.15) is 38.2 Å². The van der Waals surface area contributed by atoms with E-state index in [9.17, 15) is 13.2 Å². The number of rotatable bonds is 4. The fraction of sp³-hybridized carbons (Fsp3) is 0.500. The lowest BCUT2D eigenvalue weighted by atomic mass is 9.97. The van der Waals surface area contributed by atoms with Crippen LogP contribution in [0.5, 0.6) is 5.75 Å². The van der Waals surface area contributed by atoms with Crippen LogP contribution in [0.2, 0.25) is 0 Å². The van der Waals surface area contributed by atoms with E-state index in [4.69, 9.17) is 0 Å². The van der Waals surface area contributed by atoms with Gasteiger partial charge in [-0.2, -0.15) is 0 Å². The van der Waals surface area contributed by atoms with E-state index in [1.807, 2.05) is 0 Å². The molecule has 0 saturated heterocycles. The molecule has 90 valence electrons. The molecule has 0 radical (unpaired) electrons. The first-order valence-corrected chi connectivity index (χ1v) is 5.28. The van der Waals surface area contributed by atoms with E-state index in [1.54, 1.807) is 12.1 Å². The Hall–Kier alpha value is -1.19. The van der Waals surface area contributed by atoms with Gasteiger partial charge < -0.3 is 4.74 Å². The maximum absolute atomic E-state index is 11.9. The minimum atomic E-state index is -4.61. The number of ether oxygens (including phenoxy) is 1. The van der Waals surface area contributed by atoms with Crippen LogP contribution in [-0.4, -0.2) is 6.36 Å². The molecule has 0 saturated carbocycles. The Balaban J connectivity index is 2.68. The molecule has 1 nitrogen and oxygen atoms in total. The third-order valence-corrected chi connectivity index (χ3v) is 2.40. The molecule has 0 unspecified atom stereocenters. The van der Waals surface area contributed by atoms with Crippen LogP contribution in [0, 0.1) is 0 Å². The van der Waals surface area contributed by atoms with Crippen LogP contribution in [-0.2, 0) is 0 Å². The summed E-state index contributed by atoms with van der Waals surface area (Å²) in [5.74, 6) is 0.199. The van der Waals surface area contributed by atoms with Crippen molar-refractivity contribution < 1.29 is 17.9 Å². The average molecular weight is 232 g/mol. The van der Waals surface area contributed by atoms with Gasteiger partial charge in [-0.05, 0) is 30.0 Å². The predicted molar refractivity (Wildman–Crippen MR) is 56.4 cm³/mol. The Kier molecular flexibility index (Phi) is 4.21. The monoisotopic (exact) mass is 232 g/mol. The number of hydrogen-bond donors (Lipinski definition) is 0. The second-order valence-corrected chi connectivity index (χ2v) is 3.81. The first-order valence-electron chi connectivity index (χ1n) is 5.28. The van der Waals surface area contributed by atoms with Gasteiger partial charge in [0, 0.05) is 0 Å². The highest BCUT2D eigenvalue weighted by Crippen LogP contribution is 2.26. The van der Waals surface area contributed by atoms with Gasteiger partial charge in [-0.3, -0.25) is 0 Å². The Morgan fingerprint density at radius 2 is 1.75 bits per heavy atom. The SMILES string of the molecule is CCC[C@@H](C)c1ccc(OC(F)(F)F)cc1. The highest BCUT2D eigenvalue weighted by atomic mass is 19.4. The van der Waals surface area contributed by atoms with Gasteiger partial charge in [0.1, 0.15) is 5.75 Å². The zero-order valence-corrected chi connectivity index (χ0v) is 9.34. The van der Waals surface area contributed by atoms with E-state index in [0.717, 1.165) is 18.4 Å². The maximum atomic E-state index is 11.9. The molecule has 1 aromatic rings. The summed E-state index contributed by atoms with van der Waals surface area (Å²) in [6.07, 6.45) is -2.53. The van der Waals surface area contributed by atoms with Crippen molar-refractivity contribution in [3.05, 3.63) is 29.8 Å². The normalized spacial score (nSPS) is 13.6. The van der Waals surface area contributed by atoms with Crippen LogP contribution in [0.3, 0.4) is 0 Å². The molecule has 0 fully saturated rings. The summed E-state index contributed by atoms with van der Waals surface area (Å²) in [4.78, 5) is 0. The first kappa shape index (κ1) is 12.9. The van der Waals surface area contributed by atoms with Crippen LogP contribution >= 0.6 is 0 Å². The Labute approximate surface area is 93.2 Å². The summed E-state index contributed by atoms with van der Waals surface area (Å²) in [5.41, 5.74) is 1.04. The predicted octanol–water partition coefficient (Wildman–Crippen LogP) is 4.49. The van der Waals surface area contributed by atoms with Crippen molar-refractivity contribution in [2.45, 2.75) is 39.0 Å². The van der Waals surface area contributed by atoms with Crippen LogP contribution in [0.25, 0.3) is 0 Å². The zero-order valence-electron chi connectivity index (χ0n) is 9.34. The van der Waals surface area contributed by atoms with Gasteiger partial charge in [0.15, 0.2) is 0 Å². The van der Waals surface area contributed by atoms with Gasteiger partial charge in [-0.15, -0.1) is 13.2 Å². The maximum Gasteiger partial charge on any atom is 0.573 e. The topological polar surface area (TPSA) is 9.23 Å². The second-order valence-electron chi connectivity index (χ2n) is 3.81. The van der Waals surface area contributed by atoms with Gasteiger partial charge in [0.2, 0.25) is 0 Å². The van der Waals surface area contributed by atoms with Crippen molar-refractivity contribution in [3.63, 3.8) is 0 Å². The number of benzene rings is 1. The van der Waals surface area contributed by atoms with Gasteiger partial charge in [0.05, 0.1) is 0 Å². The van der Waals surface area contributed by atoms with Gasteiger partial charge in [-0.1, -0.05) is 32.4 Å². The van der Waals surface area contributed by atoms with Crippen molar-refractivity contribution in [3.8, 4) is 5.75 Å². The minimum absolute atomic E-state index is 0.167. The lowest BCUT2D eigenvalue weighted by Gasteiger charge is -2.12. The average Bonchev–Trinajstić information content (AvgIpc) is 2.16. The largest absolute Gasteiger partial charge is 0.573 e. The Morgan fingerprint density at radius 3 is 2.19 bits per heavy atom. The summed E-state index contributed by atoms with van der Waals surface area (Å²) >= 11 is 0. The summed E-state index contributed by atoms with van der Waals surface area (Å²) in [6.45, 7) is 4.14. The lowest BCUT2D eigenvalue weighted by molar-refractivity contribution is -0.274. The van der Waals surface area contributed by atoms with Crippen molar-refractivity contribution in [1.29, 1.82) is 0 Å². The third-order valence-electron chi connectivity index (χ3n) is 2.40. The molecule has 0 aliphatic carbocycles. The standard InChI is InChI=1S/C12H15F3O/c1-3-4-9(2)10-5-7-11(8-6-10)16-12(13,14)15/h5-9H,3-4H2,1-2H3/t9-/m1/s1. The molecule has 1 aromatic carbocycles. The Morgan fingerprint density at radius 1 is 1.19 bits per heavy atom. The molecule has 0 bridgehead atoms. The minimum Gasteiger partial charge on any atom is -0.406 e. The molecule has 1 atom stereocenters. The summed E-state index contributed by atoms with van der Waals surface area (Å²) in [6, 6.07) is 6.08. The van der Waals surface area contributed by atoms with Gasteiger partial charge in [0.25, 0.3) is 0 Å². The third kappa shape index (κ3) is 4.13. The van der Waals surface area contributed by atoms with Gasteiger partial charge >= 0.3 is 6.36 Å². The van der Waals surface area contributed by atoms with E-state index in [1.165, 1.54) is 12.1 Å². The van der Waals surface area contributed by atoms with Crippen molar-refractivity contribution in [1.82, 2.24) is 0 Å². The number of hydrogen-bond acceptors (Lipinski definition) is 1.